The van der Waals surface area contributed by atoms with Crippen molar-refractivity contribution in [3.63, 3.8) is 0 Å². The van der Waals surface area contributed by atoms with Crippen molar-refractivity contribution in [1.82, 2.24) is 31.9 Å². The summed E-state index contributed by atoms with van der Waals surface area (Å²) in [5, 5.41) is 20.6. The predicted octanol–water partition coefficient (Wildman–Crippen LogP) is 2.35. The molecule has 172 valence electrons. The third-order valence-electron chi connectivity index (χ3n) is 7.85. The van der Waals surface area contributed by atoms with E-state index in [1.807, 2.05) is 0 Å². The molecule has 2 aliphatic heterocycles. The summed E-state index contributed by atoms with van der Waals surface area (Å²) in [5.41, 5.74) is 0. The Balaban J connectivity index is 1.16. The second kappa shape index (κ2) is 11.1. The Morgan fingerprint density at radius 3 is 2.57 bits per heavy atom. The number of nitrogens with one attached hydrogen (secondary N) is 6. The molecule has 7 nitrogen and oxygen atoms in total. The fourth-order valence-corrected chi connectivity index (χ4v) is 6.21. The Hall–Kier alpha value is -0.890. The first-order valence-corrected chi connectivity index (χ1v) is 12.7. The van der Waals surface area contributed by atoms with Crippen LogP contribution >= 0.6 is 0 Å². The van der Waals surface area contributed by atoms with E-state index in [1.54, 1.807) is 0 Å². The number of hydrogen-bond acceptors (Lipinski definition) is 5. The fourth-order valence-electron chi connectivity index (χ4n) is 6.21. The topological polar surface area (TPSA) is 89.2 Å². The zero-order valence-corrected chi connectivity index (χ0v) is 18.8. The van der Waals surface area contributed by atoms with Crippen LogP contribution in [0.2, 0.25) is 0 Å². The van der Waals surface area contributed by atoms with Crippen molar-refractivity contribution >= 4 is 6.03 Å². The Bertz CT molecular complexity index is 540. The molecule has 4 fully saturated rings. The van der Waals surface area contributed by atoms with E-state index in [4.69, 9.17) is 0 Å². The monoisotopic (exact) mass is 420 g/mol. The van der Waals surface area contributed by atoms with Crippen molar-refractivity contribution in [2.75, 3.05) is 13.1 Å². The summed E-state index contributed by atoms with van der Waals surface area (Å²) in [4.78, 5) is 12.6. The normalized spacial score (nSPS) is 39.7. The van der Waals surface area contributed by atoms with Crippen LogP contribution in [0.3, 0.4) is 0 Å². The Kier molecular flexibility index (Phi) is 8.27. The first-order valence-electron chi connectivity index (χ1n) is 12.7. The van der Waals surface area contributed by atoms with E-state index >= 15 is 0 Å². The zero-order chi connectivity index (χ0) is 20.8. The fraction of sp³-hybridized carbons (Fsp3) is 0.957. The van der Waals surface area contributed by atoms with Crippen LogP contribution in [-0.4, -0.2) is 49.7 Å². The standard InChI is InChI=1S/C23H44N6O/c1-16-14-21(25-13-11-19-8-4-5-12-24-19)28-22(26-16)29-23(30)27-20-10-9-17-6-2-3-7-18(17)15-20/h16-22,24-26,28H,2-15H2,1H3,(H2,27,29,30). The van der Waals surface area contributed by atoms with Crippen LogP contribution in [0.4, 0.5) is 4.79 Å². The van der Waals surface area contributed by atoms with E-state index in [1.165, 1.54) is 64.2 Å². The number of hydrogen-bond donors (Lipinski definition) is 6. The van der Waals surface area contributed by atoms with Crippen molar-refractivity contribution in [3.05, 3.63) is 0 Å². The van der Waals surface area contributed by atoms with Gasteiger partial charge in [0.15, 0.2) is 0 Å². The van der Waals surface area contributed by atoms with Gasteiger partial charge in [-0.2, -0.15) is 0 Å². The van der Waals surface area contributed by atoms with Crippen LogP contribution in [0.15, 0.2) is 0 Å². The van der Waals surface area contributed by atoms with E-state index in [-0.39, 0.29) is 18.5 Å². The average Bonchev–Trinajstić information content (AvgIpc) is 2.74. The molecule has 4 aliphatic rings. The highest BCUT2D eigenvalue weighted by Gasteiger charge is 2.33. The van der Waals surface area contributed by atoms with Gasteiger partial charge in [0.05, 0.1) is 6.17 Å². The minimum Gasteiger partial charge on any atom is -0.335 e. The van der Waals surface area contributed by atoms with Gasteiger partial charge < -0.3 is 21.3 Å². The van der Waals surface area contributed by atoms with Crippen LogP contribution in [0, 0.1) is 11.8 Å². The zero-order valence-electron chi connectivity index (χ0n) is 18.8. The third-order valence-corrected chi connectivity index (χ3v) is 7.85. The Labute approximate surface area is 182 Å². The number of carbonyl (C=O) groups excluding carboxylic acids is 1. The molecule has 6 N–H and O–H groups in total. The van der Waals surface area contributed by atoms with E-state index in [2.05, 4.69) is 38.8 Å². The molecule has 7 unspecified atom stereocenters. The highest BCUT2D eigenvalue weighted by Crippen LogP contribution is 2.40. The molecule has 7 atom stereocenters. The van der Waals surface area contributed by atoms with Crippen LogP contribution in [0.1, 0.15) is 84.0 Å². The maximum atomic E-state index is 12.6. The maximum Gasteiger partial charge on any atom is 0.317 e. The quantitative estimate of drug-likeness (QED) is 0.397. The second-order valence-electron chi connectivity index (χ2n) is 10.3. The molecule has 2 heterocycles. The van der Waals surface area contributed by atoms with Gasteiger partial charge in [0.1, 0.15) is 6.29 Å². The summed E-state index contributed by atoms with van der Waals surface area (Å²) in [7, 11) is 0. The number of amides is 2. The van der Waals surface area contributed by atoms with Gasteiger partial charge in [0.25, 0.3) is 0 Å². The van der Waals surface area contributed by atoms with Crippen LogP contribution < -0.4 is 31.9 Å². The van der Waals surface area contributed by atoms with Crippen molar-refractivity contribution in [2.45, 2.75) is 115 Å². The minimum absolute atomic E-state index is 0.0430. The lowest BCUT2D eigenvalue weighted by Crippen LogP contribution is -2.68. The van der Waals surface area contributed by atoms with Gasteiger partial charge in [-0.3, -0.25) is 10.6 Å². The molecule has 4 rings (SSSR count). The summed E-state index contributed by atoms with van der Waals surface area (Å²) >= 11 is 0. The van der Waals surface area contributed by atoms with Crippen molar-refractivity contribution in [1.29, 1.82) is 0 Å². The van der Waals surface area contributed by atoms with Gasteiger partial charge in [-0.15, -0.1) is 0 Å². The van der Waals surface area contributed by atoms with Gasteiger partial charge >= 0.3 is 6.03 Å². The maximum absolute atomic E-state index is 12.6. The minimum atomic E-state index is -0.190. The average molecular weight is 421 g/mol. The summed E-state index contributed by atoms with van der Waals surface area (Å²) in [5.74, 6) is 1.74. The molecule has 30 heavy (non-hydrogen) atoms. The molecule has 0 radical (unpaired) electrons. The summed E-state index contributed by atoms with van der Waals surface area (Å²) in [6, 6.07) is 1.31. The molecule has 0 spiro atoms. The molecule has 7 heteroatoms. The summed E-state index contributed by atoms with van der Waals surface area (Å²) in [6.45, 7) is 4.36. The van der Waals surface area contributed by atoms with Gasteiger partial charge in [0, 0.05) is 18.1 Å². The first-order chi connectivity index (χ1) is 14.7. The molecular weight excluding hydrogens is 376 g/mol. The largest absolute Gasteiger partial charge is 0.335 e. The molecule has 0 aromatic rings. The summed E-state index contributed by atoms with van der Waals surface area (Å²) < 4.78 is 0. The highest BCUT2D eigenvalue weighted by molar-refractivity contribution is 5.74. The number of piperidine rings is 1. The molecule has 2 aliphatic carbocycles. The van der Waals surface area contributed by atoms with Crippen LogP contribution in [-0.2, 0) is 0 Å². The predicted molar refractivity (Wildman–Crippen MR) is 121 cm³/mol. The van der Waals surface area contributed by atoms with E-state index in [9.17, 15) is 4.79 Å². The number of urea groups is 1. The van der Waals surface area contributed by atoms with E-state index < -0.39 is 0 Å². The second-order valence-corrected chi connectivity index (χ2v) is 10.3. The van der Waals surface area contributed by atoms with Gasteiger partial charge in [-0.1, -0.05) is 32.1 Å². The molecule has 2 saturated heterocycles. The van der Waals surface area contributed by atoms with Gasteiger partial charge in [-0.05, 0) is 76.8 Å². The molecule has 0 aromatic heterocycles. The highest BCUT2D eigenvalue weighted by atomic mass is 16.2. The lowest BCUT2D eigenvalue weighted by Gasteiger charge is -2.40. The Morgan fingerprint density at radius 1 is 0.900 bits per heavy atom. The number of fused-ring (bicyclic) bond motifs is 1. The molecule has 0 bridgehead atoms. The lowest BCUT2D eigenvalue weighted by molar-refractivity contribution is 0.141. The molecule has 2 amide bonds. The first kappa shape index (κ1) is 22.3. The number of carbonyl (C=O) groups is 1. The van der Waals surface area contributed by atoms with Gasteiger partial charge in [0.2, 0.25) is 0 Å². The molecule has 0 aromatic carbocycles. The van der Waals surface area contributed by atoms with Crippen LogP contribution in [0.25, 0.3) is 0 Å². The number of rotatable bonds is 6. The lowest BCUT2D eigenvalue weighted by atomic mass is 9.69. The van der Waals surface area contributed by atoms with Gasteiger partial charge in [-0.25, -0.2) is 4.79 Å². The van der Waals surface area contributed by atoms with Crippen molar-refractivity contribution < 1.29 is 4.79 Å². The smallest absolute Gasteiger partial charge is 0.317 e. The van der Waals surface area contributed by atoms with Crippen molar-refractivity contribution in [3.8, 4) is 0 Å². The van der Waals surface area contributed by atoms with Crippen molar-refractivity contribution in [2.24, 2.45) is 11.8 Å². The van der Waals surface area contributed by atoms with E-state index in [0.717, 1.165) is 37.8 Å². The third kappa shape index (κ3) is 6.55. The summed E-state index contributed by atoms with van der Waals surface area (Å²) in [6.07, 6.45) is 15.3. The van der Waals surface area contributed by atoms with E-state index in [0.29, 0.717) is 18.1 Å². The molecular formula is C23H44N6O. The van der Waals surface area contributed by atoms with Crippen LogP contribution in [0.5, 0.6) is 0 Å². The Morgan fingerprint density at radius 2 is 1.73 bits per heavy atom. The molecule has 2 saturated carbocycles. The SMILES string of the molecule is CC1CC(NCCC2CCCCN2)NC(NC(=O)NC2CCC3CCCCC3C2)N1.